The minimum Gasteiger partial charge on any atom is -0.497 e. The van der Waals surface area contributed by atoms with Crippen LogP contribution in [0.5, 0.6) is 23.0 Å². The average molecular weight is 455 g/mol. The fourth-order valence-electron chi connectivity index (χ4n) is 2.79. The van der Waals surface area contributed by atoms with Crippen LogP contribution >= 0.6 is 11.6 Å². The normalized spacial score (nSPS) is 10.6. The maximum absolute atomic E-state index is 12.4. The van der Waals surface area contributed by atoms with Crippen molar-refractivity contribution in [1.29, 1.82) is 0 Å². The van der Waals surface area contributed by atoms with Crippen LogP contribution in [0.15, 0.2) is 65.8 Å². The second-order valence-corrected chi connectivity index (χ2v) is 7.06. The number of methoxy groups -OCH3 is 3. The largest absolute Gasteiger partial charge is 0.497 e. The highest BCUT2D eigenvalue weighted by Gasteiger charge is 2.10. The highest BCUT2D eigenvalue weighted by Crippen LogP contribution is 2.28. The Hall–Kier alpha value is -3.71. The molecule has 0 aliphatic heterocycles. The number of halogens is 1. The van der Waals surface area contributed by atoms with Crippen molar-refractivity contribution in [2.24, 2.45) is 5.10 Å². The quantitative estimate of drug-likeness (QED) is 0.374. The van der Waals surface area contributed by atoms with Crippen LogP contribution < -0.4 is 24.4 Å². The Kier molecular flexibility index (Phi) is 7.94. The Morgan fingerprint density at radius 1 is 0.906 bits per heavy atom. The van der Waals surface area contributed by atoms with Gasteiger partial charge in [-0.1, -0.05) is 23.7 Å². The summed E-state index contributed by atoms with van der Waals surface area (Å²) in [5.41, 5.74) is 4.56. The van der Waals surface area contributed by atoms with E-state index in [9.17, 15) is 4.79 Å². The van der Waals surface area contributed by atoms with Gasteiger partial charge in [0.2, 0.25) is 0 Å². The van der Waals surface area contributed by atoms with Crippen molar-refractivity contribution in [2.75, 3.05) is 21.3 Å². The molecule has 0 heterocycles. The molecule has 32 heavy (non-hydrogen) atoms. The number of rotatable bonds is 9. The van der Waals surface area contributed by atoms with Crippen molar-refractivity contribution >= 4 is 23.7 Å². The molecule has 0 aliphatic rings. The van der Waals surface area contributed by atoms with E-state index in [-0.39, 0.29) is 0 Å². The minimum absolute atomic E-state index is 0.363. The molecule has 0 radical (unpaired) electrons. The molecule has 3 aromatic carbocycles. The first kappa shape index (κ1) is 23.0. The highest BCUT2D eigenvalue weighted by atomic mass is 35.5. The number of ether oxygens (including phenoxy) is 4. The van der Waals surface area contributed by atoms with Crippen molar-refractivity contribution in [3.05, 3.63) is 82.4 Å². The maximum Gasteiger partial charge on any atom is 0.271 e. The monoisotopic (exact) mass is 454 g/mol. The van der Waals surface area contributed by atoms with Gasteiger partial charge in [0.15, 0.2) is 11.5 Å². The molecule has 7 nitrogen and oxygen atoms in total. The zero-order valence-electron chi connectivity index (χ0n) is 17.9. The van der Waals surface area contributed by atoms with Crippen molar-refractivity contribution in [3.63, 3.8) is 0 Å². The molecular weight excluding hydrogens is 432 g/mol. The average Bonchev–Trinajstić information content (AvgIpc) is 2.83. The van der Waals surface area contributed by atoms with E-state index in [4.69, 9.17) is 30.5 Å². The van der Waals surface area contributed by atoms with E-state index in [0.29, 0.717) is 40.2 Å². The van der Waals surface area contributed by atoms with Crippen LogP contribution in [0.25, 0.3) is 0 Å². The molecule has 0 saturated carbocycles. The van der Waals surface area contributed by atoms with Gasteiger partial charge in [0.25, 0.3) is 5.91 Å². The maximum atomic E-state index is 12.4. The summed E-state index contributed by atoms with van der Waals surface area (Å²) in [4.78, 5) is 12.4. The van der Waals surface area contributed by atoms with Crippen LogP contribution in [0.4, 0.5) is 0 Å². The Bertz CT molecular complexity index is 1080. The zero-order chi connectivity index (χ0) is 22.9. The lowest BCUT2D eigenvalue weighted by molar-refractivity contribution is 0.0954. The summed E-state index contributed by atoms with van der Waals surface area (Å²) in [6.07, 6.45) is 1.51. The van der Waals surface area contributed by atoms with Crippen LogP contribution in [0.3, 0.4) is 0 Å². The van der Waals surface area contributed by atoms with E-state index in [1.807, 2.05) is 30.3 Å². The molecule has 8 heteroatoms. The van der Waals surface area contributed by atoms with Crippen LogP contribution in [0, 0.1) is 0 Å². The molecule has 0 aromatic heterocycles. The Balaban J connectivity index is 1.64. The summed E-state index contributed by atoms with van der Waals surface area (Å²) in [6.45, 7) is 0.376. The summed E-state index contributed by atoms with van der Waals surface area (Å²) in [6, 6.07) is 17.7. The first-order valence-electron chi connectivity index (χ1n) is 9.64. The molecule has 0 unspecified atom stereocenters. The van der Waals surface area contributed by atoms with Gasteiger partial charge in [-0.3, -0.25) is 4.79 Å². The highest BCUT2D eigenvalue weighted by molar-refractivity contribution is 6.30. The third-order valence-corrected chi connectivity index (χ3v) is 4.74. The first-order valence-corrected chi connectivity index (χ1v) is 10.0. The molecule has 0 bridgehead atoms. The second-order valence-electron chi connectivity index (χ2n) is 6.63. The third kappa shape index (κ3) is 6.15. The SMILES string of the molecule is COc1cc(OC)cc(C(=O)NN=Cc2ccc(OCc3ccc(Cl)cc3)c(OC)c2)c1. The van der Waals surface area contributed by atoms with Gasteiger partial charge < -0.3 is 18.9 Å². The molecule has 166 valence electrons. The van der Waals surface area contributed by atoms with Crippen molar-refractivity contribution < 1.29 is 23.7 Å². The Morgan fingerprint density at radius 2 is 1.59 bits per heavy atom. The number of amides is 1. The summed E-state index contributed by atoms with van der Waals surface area (Å²) in [7, 11) is 4.60. The number of hydrazone groups is 1. The van der Waals surface area contributed by atoms with E-state index in [2.05, 4.69) is 10.5 Å². The number of benzene rings is 3. The predicted octanol–water partition coefficient (Wildman–Crippen LogP) is 4.71. The van der Waals surface area contributed by atoms with E-state index < -0.39 is 5.91 Å². The Morgan fingerprint density at radius 3 is 2.22 bits per heavy atom. The number of hydrogen-bond acceptors (Lipinski definition) is 6. The molecule has 0 atom stereocenters. The third-order valence-electron chi connectivity index (χ3n) is 4.49. The van der Waals surface area contributed by atoms with Crippen LogP contribution in [-0.2, 0) is 6.61 Å². The van der Waals surface area contributed by atoms with Gasteiger partial charge in [-0.25, -0.2) is 5.43 Å². The fraction of sp³-hybridized carbons (Fsp3) is 0.167. The molecule has 0 spiro atoms. The molecule has 0 saturated heterocycles. The van der Waals surface area contributed by atoms with Crippen LogP contribution in [0.2, 0.25) is 5.02 Å². The van der Waals surface area contributed by atoms with Gasteiger partial charge in [0.05, 0.1) is 27.5 Å². The predicted molar refractivity (Wildman–Crippen MR) is 123 cm³/mol. The lowest BCUT2D eigenvalue weighted by Crippen LogP contribution is -2.17. The van der Waals surface area contributed by atoms with E-state index in [0.717, 1.165) is 11.1 Å². The summed E-state index contributed by atoms with van der Waals surface area (Å²) < 4.78 is 21.6. The van der Waals surface area contributed by atoms with Crippen LogP contribution in [-0.4, -0.2) is 33.5 Å². The van der Waals surface area contributed by atoms with E-state index in [1.165, 1.54) is 20.4 Å². The molecular formula is C24H23ClN2O5. The molecule has 3 aromatic rings. The van der Waals surface area contributed by atoms with Gasteiger partial charge in [-0.15, -0.1) is 0 Å². The molecule has 1 amide bonds. The van der Waals surface area contributed by atoms with E-state index >= 15 is 0 Å². The standard InChI is InChI=1S/C24H23ClN2O5/c1-29-20-11-18(12-21(13-20)30-2)24(28)27-26-14-17-6-9-22(23(10-17)31-3)32-15-16-4-7-19(25)8-5-16/h4-14H,15H2,1-3H3,(H,27,28). The van der Waals surface area contributed by atoms with E-state index in [1.54, 1.807) is 37.4 Å². The van der Waals surface area contributed by atoms with Crippen molar-refractivity contribution in [1.82, 2.24) is 5.43 Å². The lowest BCUT2D eigenvalue weighted by atomic mass is 10.2. The number of carbonyl (C=O) groups is 1. The molecule has 0 fully saturated rings. The lowest BCUT2D eigenvalue weighted by Gasteiger charge is -2.11. The fourth-order valence-corrected chi connectivity index (χ4v) is 2.92. The summed E-state index contributed by atoms with van der Waals surface area (Å²) in [5.74, 6) is 1.77. The van der Waals surface area contributed by atoms with Gasteiger partial charge in [0.1, 0.15) is 18.1 Å². The van der Waals surface area contributed by atoms with Crippen molar-refractivity contribution in [3.8, 4) is 23.0 Å². The summed E-state index contributed by atoms with van der Waals surface area (Å²) in [5, 5.41) is 4.69. The van der Waals surface area contributed by atoms with Gasteiger partial charge in [-0.05, 0) is 53.6 Å². The zero-order valence-corrected chi connectivity index (χ0v) is 18.7. The number of hydrogen-bond donors (Lipinski definition) is 1. The number of nitrogens with zero attached hydrogens (tertiary/aromatic N) is 1. The van der Waals surface area contributed by atoms with Gasteiger partial charge in [-0.2, -0.15) is 5.10 Å². The molecule has 1 N–H and O–H groups in total. The second kappa shape index (κ2) is 11.1. The smallest absolute Gasteiger partial charge is 0.271 e. The van der Waals surface area contributed by atoms with Crippen molar-refractivity contribution in [2.45, 2.75) is 6.61 Å². The topological polar surface area (TPSA) is 78.4 Å². The minimum atomic E-state index is -0.395. The van der Waals surface area contributed by atoms with Gasteiger partial charge in [0, 0.05) is 16.7 Å². The molecule has 0 aliphatic carbocycles. The number of carbonyl (C=O) groups excluding carboxylic acids is 1. The number of nitrogens with one attached hydrogen (secondary N) is 1. The first-order chi connectivity index (χ1) is 15.5. The van der Waals surface area contributed by atoms with Crippen LogP contribution in [0.1, 0.15) is 21.5 Å². The summed E-state index contributed by atoms with van der Waals surface area (Å²) >= 11 is 5.91. The van der Waals surface area contributed by atoms with Gasteiger partial charge >= 0.3 is 0 Å². The Labute approximate surface area is 191 Å². The molecule has 3 rings (SSSR count).